The van der Waals surface area contributed by atoms with Gasteiger partial charge in [-0.1, -0.05) is 18.2 Å². The molecule has 1 aromatic carbocycles. The number of benzene rings is 1. The SMILES string of the molecule is COc1ccccc1CN=CN/C(C#N)=C(\N)C#N. The van der Waals surface area contributed by atoms with Gasteiger partial charge in [-0.05, 0) is 6.07 Å². The van der Waals surface area contributed by atoms with Crippen LogP contribution in [0.2, 0.25) is 0 Å². The van der Waals surface area contributed by atoms with Gasteiger partial charge >= 0.3 is 0 Å². The molecule has 0 heterocycles. The van der Waals surface area contributed by atoms with Gasteiger partial charge in [0, 0.05) is 5.56 Å². The van der Waals surface area contributed by atoms with Crippen LogP contribution in [-0.4, -0.2) is 13.4 Å². The number of rotatable bonds is 5. The number of methoxy groups -OCH3 is 1. The Labute approximate surface area is 111 Å². The monoisotopic (exact) mass is 255 g/mol. The lowest BCUT2D eigenvalue weighted by atomic mass is 10.2. The third-order valence-electron chi connectivity index (χ3n) is 2.26. The van der Waals surface area contributed by atoms with Crippen molar-refractivity contribution >= 4 is 6.34 Å². The molecule has 0 aromatic heterocycles. The number of nitrogens with two attached hydrogens (primary N) is 1. The number of nitrogens with one attached hydrogen (secondary N) is 1. The molecular weight excluding hydrogens is 242 g/mol. The normalized spacial score (nSPS) is 11.3. The second-order valence-electron chi connectivity index (χ2n) is 3.44. The van der Waals surface area contributed by atoms with Gasteiger partial charge in [0.15, 0.2) is 5.70 Å². The van der Waals surface area contributed by atoms with Crippen molar-refractivity contribution in [2.24, 2.45) is 10.7 Å². The van der Waals surface area contributed by atoms with E-state index >= 15 is 0 Å². The van der Waals surface area contributed by atoms with Crippen LogP contribution in [0.3, 0.4) is 0 Å². The van der Waals surface area contributed by atoms with Crippen LogP contribution in [0.25, 0.3) is 0 Å². The summed E-state index contributed by atoms with van der Waals surface area (Å²) in [4.78, 5) is 4.09. The predicted molar refractivity (Wildman–Crippen MR) is 70.8 cm³/mol. The van der Waals surface area contributed by atoms with Crippen molar-refractivity contribution in [1.29, 1.82) is 10.5 Å². The van der Waals surface area contributed by atoms with Gasteiger partial charge in [-0.15, -0.1) is 0 Å². The molecule has 0 aliphatic carbocycles. The average Bonchev–Trinajstić information content (AvgIpc) is 2.47. The maximum absolute atomic E-state index is 8.74. The summed E-state index contributed by atoms with van der Waals surface area (Å²) in [6.07, 6.45) is 1.33. The van der Waals surface area contributed by atoms with Crippen molar-refractivity contribution in [3.8, 4) is 17.9 Å². The third-order valence-corrected chi connectivity index (χ3v) is 2.26. The molecule has 6 nitrogen and oxygen atoms in total. The second kappa shape index (κ2) is 7.36. The Balaban J connectivity index is 2.66. The molecule has 0 atom stereocenters. The Morgan fingerprint density at radius 3 is 2.79 bits per heavy atom. The minimum Gasteiger partial charge on any atom is -0.496 e. The number of hydrogen-bond donors (Lipinski definition) is 2. The molecule has 96 valence electrons. The molecule has 0 fully saturated rings. The fraction of sp³-hybridized carbons (Fsp3) is 0.154. The van der Waals surface area contributed by atoms with Gasteiger partial charge < -0.3 is 15.8 Å². The largest absolute Gasteiger partial charge is 0.496 e. The summed E-state index contributed by atoms with van der Waals surface area (Å²) >= 11 is 0. The van der Waals surface area contributed by atoms with Gasteiger partial charge in [0.1, 0.15) is 23.6 Å². The molecule has 0 bridgehead atoms. The average molecular weight is 255 g/mol. The summed E-state index contributed by atoms with van der Waals surface area (Å²) in [7, 11) is 1.59. The van der Waals surface area contributed by atoms with Crippen molar-refractivity contribution in [3.05, 3.63) is 41.2 Å². The van der Waals surface area contributed by atoms with Crippen LogP contribution in [0.15, 0.2) is 40.7 Å². The lowest BCUT2D eigenvalue weighted by molar-refractivity contribution is 0.410. The lowest BCUT2D eigenvalue weighted by Crippen LogP contribution is -2.15. The van der Waals surface area contributed by atoms with E-state index < -0.39 is 0 Å². The Morgan fingerprint density at radius 2 is 2.16 bits per heavy atom. The molecule has 0 saturated heterocycles. The van der Waals surface area contributed by atoms with Crippen LogP contribution in [0.4, 0.5) is 0 Å². The summed E-state index contributed by atoms with van der Waals surface area (Å²) in [5.41, 5.74) is 6.04. The number of para-hydroxylation sites is 1. The number of nitrogens with zero attached hydrogens (tertiary/aromatic N) is 3. The fourth-order valence-electron chi connectivity index (χ4n) is 1.31. The number of aliphatic imine (C=N–C) groups is 1. The van der Waals surface area contributed by atoms with Crippen molar-refractivity contribution in [2.75, 3.05) is 7.11 Å². The molecule has 0 aliphatic heterocycles. The molecule has 1 rings (SSSR count). The molecule has 0 aliphatic rings. The molecule has 1 aromatic rings. The van der Waals surface area contributed by atoms with Gasteiger partial charge in [-0.2, -0.15) is 10.5 Å². The highest BCUT2D eigenvalue weighted by molar-refractivity contribution is 5.60. The first-order chi connectivity index (χ1) is 9.22. The van der Waals surface area contributed by atoms with Crippen LogP contribution in [-0.2, 0) is 6.54 Å². The van der Waals surface area contributed by atoms with E-state index in [9.17, 15) is 0 Å². The molecule has 19 heavy (non-hydrogen) atoms. The van der Waals surface area contributed by atoms with E-state index in [1.807, 2.05) is 24.3 Å². The summed E-state index contributed by atoms with van der Waals surface area (Å²) in [5.74, 6) is 0.743. The van der Waals surface area contributed by atoms with E-state index in [0.717, 1.165) is 11.3 Å². The molecular formula is C13H13N5O. The third kappa shape index (κ3) is 4.06. The topological polar surface area (TPSA) is 107 Å². The zero-order chi connectivity index (χ0) is 14.1. The zero-order valence-corrected chi connectivity index (χ0v) is 10.4. The van der Waals surface area contributed by atoms with Crippen LogP contribution < -0.4 is 15.8 Å². The molecule has 6 heteroatoms. The number of hydrogen-bond acceptors (Lipinski definition) is 5. The molecule has 0 unspecified atom stereocenters. The molecule has 0 radical (unpaired) electrons. The Morgan fingerprint density at radius 1 is 1.42 bits per heavy atom. The van der Waals surface area contributed by atoms with Crippen LogP contribution in [0.1, 0.15) is 5.56 Å². The maximum Gasteiger partial charge on any atom is 0.152 e. The summed E-state index contributed by atoms with van der Waals surface area (Å²) < 4.78 is 5.18. The maximum atomic E-state index is 8.74. The highest BCUT2D eigenvalue weighted by Gasteiger charge is 2.00. The standard InChI is InChI=1S/C13H13N5O/c1-19-13-5-3-2-4-10(13)8-17-9-18-12(7-15)11(16)6-14/h2-5,9H,8,16H2,1H3,(H,17,18)/b12-11-. The predicted octanol–water partition coefficient (Wildman–Crippen LogP) is 1.03. The minimum absolute atomic E-state index is 0.0220. The van der Waals surface area contributed by atoms with Gasteiger partial charge in [0.25, 0.3) is 0 Å². The first-order valence-corrected chi connectivity index (χ1v) is 5.39. The van der Waals surface area contributed by atoms with Crippen molar-refractivity contribution in [2.45, 2.75) is 6.54 Å². The van der Waals surface area contributed by atoms with E-state index in [2.05, 4.69) is 10.3 Å². The molecule has 0 spiro atoms. The van der Waals surface area contributed by atoms with E-state index in [4.69, 9.17) is 21.0 Å². The Bertz CT molecular complexity index is 577. The highest BCUT2D eigenvalue weighted by Crippen LogP contribution is 2.17. The van der Waals surface area contributed by atoms with Crippen molar-refractivity contribution < 1.29 is 4.74 Å². The zero-order valence-electron chi connectivity index (χ0n) is 10.4. The lowest BCUT2D eigenvalue weighted by Gasteiger charge is -2.05. The van der Waals surface area contributed by atoms with Crippen LogP contribution in [0.5, 0.6) is 5.75 Å². The van der Waals surface area contributed by atoms with E-state index in [1.54, 1.807) is 19.2 Å². The first kappa shape index (κ1) is 14.1. The summed E-state index contributed by atoms with van der Waals surface area (Å²) in [6.45, 7) is 0.391. The van der Waals surface area contributed by atoms with E-state index in [0.29, 0.717) is 6.54 Å². The van der Waals surface area contributed by atoms with Crippen molar-refractivity contribution in [1.82, 2.24) is 5.32 Å². The fourth-order valence-corrected chi connectivity index (χ4v) is 1.31. The Kier molecular flexibility index (Phi) is 5.45. The van der Waals surface area contributed by atoms with E-state index in [1.165, 1.54) is 6.34 Å². The summed E-state index contributed by atoms with van der Waals surface area (Å²) in [6, 6.07) is 10.9. The molecule has 3 N–H and O–H groups in total. The van der Waals surface area contributed by atoms with E-state index in [-0.39, 0.29) is 11.4 Å². The van der Waals surface area contributed by atoms with Gasteiger partial charge in [0.05, 0.1) is 20.0 Å². The van der Waals surface area contributed by atoms with Gasteiger partial charge in [-0.25, -0.2) is 0 Å². The van der Waals surface area contributed by atoms with Gasteiger partial charge in [0.2, 0.25) is 0 Å². The number of nitriles is 2. The smallest absolute Gasteiger partial charge is 0.152 e. The number of allylic oxidation sites excluding steroid dienone is 2. The van der Waals surface area contributed by atoms with Crippen LogP contribution in [0, 0.1) is 22.7 Å². The first-order valence-electron chi connectivity index (χ1n) is 5.39. The molecule has 0 amide bonds. The highest BCUT2D eigenvalue weighted by atomic mass is 16.5. The van der Waals surface area contributed by atoms with Crippen LogP contribution >= 0.6 is 0 Å². The second-order valence-corrected chi connectivity index (χ2v) is 3.44. The number of ether oxygens (including phenoxy) is 1. The Hall–Kier alpha value is -2.99. The minimum atomic E-state index is -0.175. The van der Waals surface area contributed by atoms with Crippen molar-refractivity contribution in [3.63, 3.8) is 0 Å². The quantitative estimate of drug-likeness (QED) is 0.464. The summed E-state index contributed by atoms with van der Waals surface area (Å²) in [5, 5.41) is 19.9. The molecule has 0 saturated carbocycles. The van der Waals surface area contributed by atoms with Gasteiger partial charge in [-0.3, -0.25) is 4.99 Å².